The highest BCUT2D eigenvalue weighted by Crippen LogP contribution is 2.17. The van der Waals surface area contributed by atoms with Crippen LogP contribution >= 0.6 is 0 Å². The smallest absolute Gasteiger partial charge is 0.160 e. The molecule has 0 aliphatic rings. The van der Waals surface area contributed by atoms with Crippen LogP contribution in [0.5, 0.6) is 0 Å². The van der Waals surface area contributed by atoms with E-state index >= 15 is 0 Å². The van der Waals surface area contributed by atoms with Gasteiger partial charge in [0.25, 0.3) is 0 Å². The Hall–Kier alpha value is -1.63. The van der Waals surface area contributed by atoms with Gasteiger partial charge < -0.3 is 0 Å². The lowest BCUT2D eigenvalue weighted by Gasteiger charge is -2.01. The van der Waals surface area contributed by atoms with Crippen molar-refractivity contribution < 1.29 is 4.79 Å². The largest absolute Gasteiger partial charge is 0.294 e. The lowest BCUT2D eigenvalue weighted by molar-refractivity contribution is 0.101. The van der Waals surface area contributed by atoms with Gasteiger partial charge in [-0.2, -0.15) is 0 Å². The molecule has 1 radical (unpaired) electrons. The molecule has 0 atom stereocenters. The Balaban J connectivity index is 2.83. The third-order valence-corrected chi connectivity index (χ3v) is 2.08. The molecule has 2 aromatic rings. The van der Waals surface area contributed by atoms with Crippen LogP contribution in [0.3, 0.4) is 0 Å². The average Bonchev–Trinajstić information content (AvgIpc) is 2.17. The van der Waals surface area contributed by atoms with E-state index in [-0.39, 0.29) is 5.78 Å². The lowest BCUT2D eigenvalue weighted by Crippen LogP contribution is -1.92. The number of benzene rings is 2. The average molecular weight is 169 g/mol. The molecule has 0 heterocycles. The highest BCUT2D eigenvalue weighted by molar-refractivity contribution is 6.06. The van der Waals surface area contributed by atoms with E-state index in [0.717, 1.165) is 16.3 Å². The zero-order valence-corrected chi connectivity index (χ0v) is 7.37. The number of rotatable bonds is 1. The summed E-state index contributed by atoms with van der Waals surface area (Å²) in [4.78, 5) is 11.2. The van der Waals surface area contributed by atoms with Crippen molar-refractivity contribution in [1.29, 1.82) is 0 Å². The highest BCUT2D eigenvalue weighted by Gasteiger charge is 2.03. The molecular weight excluding hydrogens is 160 g/mol. The normalized spacial score (nSPS) is 10.2. The molecule has 0 fully saturated rings. The third-order valence-electron chi connectivity index (χ3n) is 2.08. The molecule has 13 heavy (non-hydrogen) atoms. The van der Waals surface area contributed by atoms with Crippen LogP contribution in [0.1, 0.15) is 17.3 Å². The van der Waals surface area contributed by atoms with Gasteiger partial charge in [-0.3, -0.25) is 4.79 Å². The summed E-state index contributed by atoms with van der Waals surface area (Å²) in [5.41, 5.74) is 0.773. The molecule has 0 saturated carbocycles. The lowest BCUT2D eigenvalue weighted by atomic mass is 10.0. The van der Waals surface area contributed by atoms with Crippen LogP contribution in [0.15, 0.2) is 36.4 Å². The molecule has 0 bridgehead atoms. The minimum absolute atomic E-state index is 0.102. The second kappa shape index (κ2) is 3.02. The third kappa shape index (κ3) is 1.33. The molecule has 2 aromatic carbocycles. The number of fused-ring (bicyclic) bond motifs is 1. The molecule has 63 valence electrons. The number of hydrogen-bond acceptors (Lipinski definition) is 1. The Morgan fingerprint density at radius 2 is 2.08 bits per heavy atom. The number of carbonyl (C=O) groups is 1. The maximum atomic E-state index is 11.2. The fourth-order valence-corrected chi connectivity index (χ4v) is 1.46. The fraction of sp³-hybridized carbons (Fsp3) is 0.0833. The summed E-state index contributed by atoms with van der Waals surface area (Å²) in [5, 5.41) is 1.98. The minimum Gasteiger partial charge on any atom is -0.294 e. The second-order valence-electron chi connectivity index (χ2n) is 2.99. The first-order valence-electron chi connectivity index (χ1n) is 4.19. The molecule has 0 aromatic heterocycles. The molecule has 0 aliphatic heterocycles. The predicted octanol–water partition coefficient (Wildman–Crippen LogP) is 2.84. The van der Waals surface area contributed by atoms with Crippen molar-refractivity contribution in [3.05, 3.63) is 48.0 Å². The van der Waals surface area contributed by atoms with Crippen molar-refractivity contribution in [2.24, 2.45) is 0 Å². The summed E-state index contributed by atoms with van der Waals surface area (Å²) in [6, 6.07) is 14.5. The topological polar surface area (TPSA) is 17.1 Å². The molecule has 2 rings (SSSR count). The molecule has 0 N–H and O–H groups in total. The monoisotopic (exact) mass is 169 g/mol. The molecule has 1 heteroatoms. The Bertz CT molecular complexity index is 452. The Kier molecular flexibility index (Phi) is 1.85. The first-order valence-corrected chi connectivity index (χ1v) is 4.19. The summed E-state index contributed by atoms with van der Waals surface area (Å²) in [5.74, 6) is 0.102. The number of hydrogen-bond donors (Lipinski definition) is 0. The van der Waals surface area contributed by atoms with Crippen LogP contribution in [-0.4, -0.2) is 5.78 Å². The van der Waals surface area contributed by atoms with E-state index < -0.39 is 0 Å². The van der Waals surface area contributed by atoms with Crippen LogP contribution in [-0.2, 0) is 0 Å². The van der Waals surface area contributed by atoms with E-state index in [1.807, 2.05) is 36.4 Å². The van der Waals surface area contributed by atoms with Gasteiger partial charge in [0, 0.05) is 5.56 Å². The van der Waals surface area contributed by atoms with Crippen molar-refractivity contribution in [2.75, 3.05) is 0 Å². The summed E-state index contributed by atoms with van der Waals surface area (Å²) >= 11 is 0. The maximum Gasteiger partial charge on any atom is 0.160 e. The van der Waals surface area contributed by atoms with Crippen LogP contribution in [0.2, 0.25) is 0 Å². The maximum absolute atomic E-state index is 11.2. The SMILES string of the molecule is CC(=O)c1cccc2[c]cccc12. The van der Waals surface area contributed by atoms with Gasteiger partial charge in [0.2, 0.25) is 0 Å². The van der Waals surface area contributed by atoms with Crippen LogP contribution in [0.25, 0.3) is 10.8 Å². The van der Waals surface area contributed by atoms with E-state index in [0.29, 0.717) is 0 Å². The summed E-state index contributed by atoms with van der Waals surface area (Å²) < 4.78 is 0. The molecule has 1 nitrogen and oxygen atoms in total. The Labute approximate surface area is 77.0 Å². The molecule has 0 spiro atoms. The predicted molar refractivity (Wildman–Crippen MR) is 52.8 cm³/mol. The van der Waals surface area contributed by atoms with Crippen LogP contribution < -0.4 is 0 Å². The molecule has 0 saturated heterocycles. The van der Waals surface area contributed by atoms with Gasteiger partial charge in [-0.1, -0.05) is 36.4 Å². The van der Waals surface area contributed by atoms with Crippen molar-refractivity contribution in [2.45, 2.75) is 6.92 Å². The molecule has 0 aliphatic carbocycles. The second-order valence-corrected chi connectivity index (χ2v) is 2.99. The number of Topliss-reactive ketones (excluding diaryl/α,β-unsaturated/α-hetero) is 1. The van der Waals surface area contributed by atoms with Gasteiger partial charge in [-0.25, -0.2) is 0 Å². The van der Waals surface area contributed by atoms with Gasteiger partial charge in [-0.15, -0.1) is 0 Å². The van der Waals surface area contributed by atoms with Gasteiger partial charge in [-0.05, 0) is 23.8 Å². The van der Waals surface area contributed by atoms with Gasteiger partial charge in [0.15, 0.2) is 5.78 Å². The Morgan fingerprint density at radius 3 is 2.85 bits per heavy atom. The minimum atomic E-state index is 0.102. The van der Waals surface area contributed by atoms with E-state index in [1.165, 1.54) is 0 Å². The summed E-state index contributed by atoms with van der Waals surface area (Å²) in [6.45, 7) is 1.59. The molecular formula is C12H9O. The standard InChI is InChI=1S/C12H9O/c1-9(13)11-8-4-6-10-5-2-3-7-12(10)11/h2-4,6-8H,1H3. The van der Waals surface area contributed by atoms with Crippen molar-refractivity contribution in [3.63, 3.8) is 0 Å². The van der Waals surface area contributed by atoms with E-state index in [4.69, 9.17) is 0 Å². The highest BCUT2D eigenvalue weighted by atomic mass is 16.1. The quantitative estimate of drug-likeness (QED) is 0.600. The van der Waals surface area contributed by atoms with Crippen molar-refractivity contribution >= 4 is 16.6 Å². The zero-order valence-electron chi connectivity index (χ0n) is 7.37. The first-order chi connectivity index (χ1) is 6.29. The van der Waals surface area contributed by atoms with E-state index in [9.17, 15) is 4.79 Å². The molecule has 0 amide bonds. The van der Waals surface area contributed by atoms with Crippen LogP contribution in [0.4, 0.5) is 0 Å². The van der Waals surface area contributed by atoms with Gasteiger partial charge >= 0.3 is 0 Å². The van der Waals surface area contributed by atoms with E-state index in [2.05, 4.69) is 6.07 Å². The van der Waals surface area contributed by atoms with Crippen molar-refractivity contribution in [1.82, 2.24) is 0 Å². The Morgan fingerprint density at radius 1 is 1.23 bits per heavy atom. The van der Waals surface area contributed by atoms with Crippen molar-refractivity contribution in [3.8, 4) is 0 Å². The summed E-state index contributed by atoms with van der Waals surface area (Å²) in [6.07, 6.45) is 0. The zero-order chi connectivity index (χ0) is 9.26. The fourth-order valence-electron chi connectivity index (χ4n) is 1.46. The van der Waals surface area contributed by atoms with E-state index in [1.54, 1.807) is 6.92 Å². The van der Waals surface area contributed by atoms with Gasteiger partial charge in [0.1, 0.15) is 0 Å². The first kappa shape index (κ1) is 7.99. The number of carbonyl (C=O) groups excluding carboxylic acids is 1. The summed E-state index contributed by atoms with van der Waals surface area (Å²) in [7, 11) is 0. The van der Waals surface area contributed by atoms with Gasteiger partial charge in [0.05, 0.1) is 0 Å². The van der Waals surface area contributed by atoms with Crippen LogP contribution in [0, 0.1) is 6.07 Å². The number of ketones is 1. The molecule has 0 unspecified atom stereocenters.